The van der Waals surface area contributed by atoms with Crippen LogP contribution in [0.2, 0.25) is 0 Å². The molecule has 2 rings (SSSR count). The molecule has 0 saturated carbocycles. The van der Waals surface area contributed by atoms with Crippen molar-refractivity contribution in [2.45, 2.75) is 13.8 Å². The van der Waals surface area contributed by atoms with Crippen molar-refractivity contribution in [3.05, 3.63) is 42.1 Å². The third-order valence-electron chi connectivity index (χ3n) is 2.49. The Morgan fingerprint density at radius 3 is 2.88 bits per heavy atom. The largest absolute Gasteiger partial charge is 0.361 e. The lowest BCUT2D eigenvalue weighted by molar-refractivity contribution is -0.112. The molecule has 0 radical (unpaired) electrons. The zero-order valence-corrected chi connectivity index (χ0v) is 10.8. The van der Waals surface area contributed by atoms with E-state index in [0.717, 1.165) is 21.7 Å². The van der Waals surface area contributed by atoms with Crippen molar-refractivity contribution in [2.24, 2.45) is 0 Å². The molecule has 2 aromatic rings. The lowest BCUT2D eigenvalue weighted by Crippen LogP contribution is -1.86. The Morgan fingerprint density at radius 1 is 1.41 bits per heavy atom. The lowest BCUT2D eigenvalue weighted by Gasteiger charge is -2.03. The van der Waals surface area contributed by atoms with Gasteiger partial charge in [0.1, 0.15) is 0 Å². The topological polar surface area (TPSA) is 32.9 Å². The van der Waals surface area contributed by atoms with Crippen molar-refractivity contribution in [1.82, 2.24) is 4.98 Å². The van der Waals surface area contributed by atoms with Crippen molar-refractivity contribution >= 4 is 33.4 Å². The first kappa shape index (κ1) is 12.0. The van der Waals surface area contributed by atoms with E-state index in [0.29, 0.717) is 0 Å². The van der Waals surface area contributed by atoms with Crippen molar-refractivity contribution in [2.75, 3.05) is 5.75 Å². The Hall–Kier alpha value is -1.48. The molecule has 0 spiro atoms. The minimum absolute atomic E-state index is 0.0891. The van der Waals surface area contributed by atoms with Gasteiger partial charge in [0.05, 0.1) is 0 Å². The molecular weight excluding hydrogens is 230 g/mol. The number of allylic oxidation sites excluding steroid dienone is 1. The maximum absolute atomic E-state index is 11.3. The summed E-state index contributed by atoms with van der Waals surface area (Å²) < 4.78 is 0. The number of H-pyrrole nitrogens is 1. The summed E-state index contributed by atoms with van der Waals surface area (Å²) in [6, 6.07) is 8.14. The minimum atomic E-state index is 0.0891. The van der Waals surface area contributed by atoms with Gasteiger partial charge in [-0.3, -0.25) is 4.79 Å². The van der Waals surface area contributed by atoms with Gasteiger partial charge in [-0.25, -0.2) is 0 Å². The zero-order valence-electron chi connectivity index (χ0n) is 9.99. The predicted molar refractivity (Wildman–Crippen MR) is 75.1 cm³/mol. The molecule has 0 saturated heterocycles. The maximum atomic E-state index is 11.3. The van der Waals surface area contributed by atoms with E-state index in [9.17, 15) is 4.79 Å². The fourth-order valence-corrected chi connectivity index (χ4v) is 2.70. The van der Waals surface area contributed by atoms with Gasteiger partial charge in [-0.2, -0.15) is 0 Å². The Kier molecular flexibility index (Phi) is 3.69. The quantitative estimate of drug-likeness (QED) is 0.830. The summed E-state index contributed by atoms with van der Waals surface area (Å²) in [7, 11) is 0. The van der Waals surface area contributed by atoms with Gasteiger partial charge < -0.3 is 4.98 Å². The third kappa shape index (κ3) is 2.61. The predicted octanol–water partition coefficient (Wildman–Crippen LogP) is 3.85. The van der Waals surface area contributed by atoms with E-state index >= 15 is 0 Å². The second-order valence-corrected chi connectivity index (χ2v) is 5.11. The average Bonchev–Trinajstić information content (AvgIpc) is 2.71. The first-order valence-corrected chi connectivity index (χ1v) is 6.62. The lowest BCUT2D eigenvalue weighted by atomic mass is 10.1. The molecule has 1 N–H and O–H groups in total. The highest BCUT2D eigenvalue weighted by Gasteiger charge is 2.08. The highest BCUT2D eigenvalue weighted by Crippen LogP contribution is 2.32. The molecule has 0 bridgehead atoms. The highest BCUT2D eigenvalue weighted by atomic mass is 32.2. The maximum Gasteiger partial charge on any atom is 0.153 e. The van der Waals surface area contributed by atoms with Crippen LogP contribution in [0.5, 0.6) is 0 Å². The Labute approximate surface area is 105 Å². The Bertz CT molecular complexity index is 568. The first-order valence-electron chi connectivity index (χ1n) is 5.64. The van der Waals surface area contributed by atoms with Crippen LogP contribution < -0.4 is 0 Å². The summed E-state index contributed by atoms with van der Waals surface area (Å²) in [6.07, 6.45) is 3.69. The highest BCUT2D eigenvalue weighted by molar-refractivity contribution is 8.08. The van der Waals surface area contributed by atoms with Crippen LogP contribution in [0.1, 0.15) is 19.4 Å². The van der Waals surface area contributed by atoms with Gasteiger partial charge in [0, 0.05) is 27.6 Å². The number of nitrogens with one attached hydrogen (secondary N) is 1. The molecule has 1 aromatic heterocycles. The standard InChI is InChI=1S/C14H15NOS/c1-3-17-14(8-10(2)16)12-9-15-13-7-5-4-6-11(12)13/h4-9,15H,3H2,1-2H3. The molecule has 2 nitrogen and oxygen atoms in total. The smallest absolute Gasteiger partial charge is 0.153 e. The Balaban J connectivity index is 2.52. The summed E-state index contributed by atoms with van der Waals surface area (Å²) in [5.41, 5.74) is 2.22. The number of hydrogen-bond acceptors (Lipinski definition) is 2. The van der Waals surface area contributed by atoms with E-state index in [1.165, 1.54) is 5.39 Å². The second-order valence-electron chi connectivity index (χ2n) is 3.80. The summed E-state index contributed by atoms with van der Waals surface area (Å²) >= 11 is 1.70. The van der Waals surface area contributed by atoms with Crippen LogP contribution >= 0.6 is 11.8 Å². The van der Waals surface area contributed by atoms with Gasteiger partial charge in [-0.15, -0.1) is 11.8 Å². The number of aromatic amines is 1. The van der Waals surface area contributed by atoms with E-state index < -0.39 is 0 Å². The number of para-hydroxylation sites is 1. The summed E-state index contributed by atoms with van der Waals surface area (Å²) in [4.78, 5) is 15.5. The van der Waals surface area contributed by atoms with Crippen LogP contribution in [-0.2, 0) is 4.79 Å². The number of carbonyl (C=O) groups excluding carboxylic acids is 1. The zero-order chi connectivity index (χ0) is 12.3. The number of aromatic nitrogens is 1. The van der Waals surface area contributed by atoms with Gasteiger partial charge in [0.15, 0.2) is 5.78 Å². The molecule has 88 valence electrons. The molecule has 0 unspecified atom stereocenters. The van der Waals surface area contributed by atoms with E-state index in [2.05, 4.69) is 18.0 Å². The van der Waals surface area contributed by atoms with Crippen LogP contribution in [0.4, 0.5) is 0 Å². The third-order valence-corrected chi connectivity index (χ3v) is 3.43. The fourth-order valence-electron chi connectivity index (χ4n) is 1.81. The summed E-state index contributed by atoms with van der Waals surface area (Å²) in [6.45, 7) is 3.68. The van der Waals surface area contributed by atoms with E-state index in [1.54, 1.807) is 24.8 Å². The van der Waals surface area contributed by atoms with Crippen molar-refractivity contribution in [1.29, 1.82) is 0 Å². The summed E-state index contributed by atoms with van der Waals surface area (Å²) in [5.74, 6) is 1.05. The van der Waals surface area contributed by atoms with Gasteiger partial charge in [0.2, 0.25) is 0 Å². The Morgan fingerprint density at radius 2 is 2.18 bits per heavy atom. The minimum Gasteiger partial charge on any atom is -0.361 e. The molecule has 1 heterocycles. The molecule has 0 fully saturated rings. The molecular formula is C14H15NOS. The molecule has 17 heavy (non-hydrogen) atoms. The SMILES string of the molecule is CCSC(=CC(C)=O)c1c[nH]c2ccccc12. The fraction of sp³-hybridized carbons (Fsp3) is 0.214. The molecule has 3 heteroatoms. The normalized spacial score (nSPS) is 12.0. The number of hydrogen-bond donors (Lipinski definition) is 1. The van der Waals surface area contributed by atoms with Gasteiger partial charge in [-0.05, 0) is 24.8 Å². The molecule has 0 amide bonds. The molecule has 0 aliphatic rings. The number of ketones is 1. The number of carbonyl (C=O) groups is 1. The van der Waals surface area contributed by atoms with Crippen LogP contribution in [0.25, 0.3) is 15.8 Å². The van der Waals surface area contributed by atoms with Crippen molar-refractivity contribution in [3.8, 4) is 0 Å². The number of thioether (sulfide) groups is 1. The van der Waals surface area contributed by atoms with Crippen LogP contribution in [0.15, 0.2) is 36.5 Å². The van der Waals surface area contributed by atoms with Crippen LogP contribution in [0, 0.1) is 0 Å². The van der Waals surface area contributed by atoms with Gasteiger partial charge >= 0.3 is 0 Å². The number of benzene rings is 1. The van der Waals surface area contributed by atoms with Gasteiger partial charge in [-0.1, -0.05) is 25.1 Å². The monoisotopic (exact) mass is 245 g/mol. The molecule has 1 aromatic carbocycles. The van der Waals surface area contributed by atoms with Crippen molar-refractivity contribution in [3.63, 3.8) is 0 Å². The summed E-state index contributed by atoms with van der Waals surface area (Å²) in [5, 5.41) is 1.17. The first-order chi connectivity index (χ1) is 8.22. The van der Waals surface area contributed by atoms with Gasteiger partial charge in [0.25, 0.3) is 0 Å². The average molecular weight is 245 g/mol. The number of fused-ring (bicyclic) bond motifs is 1. The van der Waals surface area contributed by atoms with Crippen LogP contribution in [0.3, 0.4) is 0 Å². The van der Waals surface area contributed by atoms with E-state index in [-0.39, 0.29) is 5.78 Å². The van der Waals surface area contributed by atoms with Crippen LogP contribution in [-0.4, -0.2) is 16.5 Å². The number of rotatable bonds is 4. The van der Waals surface area contributed by atoms with E-state index in [4.69, 9.17) is 0 Å². The van der Waals surface area contributed by atoms with Crippen molar-refractivity contribution < 1.29 is 4.79 Å². The molecule has 0 aliphatic heterocycles. The second kappa shape index (κ2) is 5.23. The molecule has 0 atom stereocenters. The van der Waals surface area contributed by atoms with E-state index in [1.807, 2.05) is 24.4 Å². The molecule has 0 aliphatic carbocycles.